The molecule has 2 nitrogen and oxygen atoms in total. The Balaban J connectivity index is 1.65. The van der Waals surface area contributed by atoms with Crippen molar-refractivity contribution >= 4 is 35.9 Å². The third kappa shape index (κ3) is 5.86. The molecule has 164 valence electrons. The number of rotatable bonds is 8. The molecule has 3 heteroatoms. The van der Waals surface area contributed by atoms with Gasteiger partial charge in [-0.25, -0.2) is 4.79 Å². The van der Waals surface area contributed by atoms with Gasteiger partial charge in [0.15, 0.2) is 0 Å². The molecule has 4 rings (SSSR count). The molecule has 0 spiro atoms. The summed E-state index contributed by atoms with van der Waals surface area (Å²) in [7, 11) is -0.891. The van der Waals surface area contributed by atoms with Crippen LogP contribution in [-0.4, -0.2) is 12.1 Å². The van der Waals surface area contributed by atoms with Crippen LogP contribution in [0.1, 0.15) is 29.3 Å². The summed E-state index contributed by atoms with van der Waals surface area (Å²) in [6.07, 6.45) is 4.40. The van der Waals surface area contributed by atoms with Crippen LogP contribution in [0.5, 0.6) is 0 Å². The Kier molecular flexibility index (Phi) is 7.85. The predicted molar refractivity (Wildman–Crippen MR) is 140 cm³/mol. The highest BCUT2D eigenvalue weighted by Crippen LogP contribution is 2.34. The molecule has 0 aliphatic heterocycles. The van der Waals surface area contributed by atoms with Gasteiger partial charge in [-0.1, -0.05) is 122 Å². The van der Waals surface area contributed by atoms with Gasteiger partial charge in [-0.05, 0) is 48.0 Å². The molecule has 0 amide bonds. The van der Waals surface area contributed by atoms with E-state index in [1.54, 1.807) is 0 Å². The molecule has 1 atom stereocenters. The average Bonchev–Trinajstić information content (AvgIpc) is 2.89. The van der Waals surface area contributed by atoms with Crippen molar-refractivity contribution in [3.8, 4) is 0 Å². The largest absolute Gasteiger partial charge is 0.455 e. The van der Waals surface area contributed by atoms with Crippen molar-refractivity contribution in [2.45, 2.75) is 19.4 Å². The Bertz CT molecular complexity index is 1150. The number of esters is 1. The summed E-state index contributed by atoms with van der Waals surface area (Å²) < 4.78 is 5.95. The summed E-state index contributed by atoms with van der Waals surface area (Å²) in [5.74, 6) is -0.283. The van der Waals surface area contributed by atoms with Gasteiger partial charge < -0.3 is 4.74 Å². The zero-order valence-electron chi connectivity index (χ0n) is 18.7. The van der Waals surface area contributed by atoms with E-state index in [9.17, 15) is 4.79 Å². The lowest BCUT2D eigenvalue weighted by Crippen LogP contribution is -2.27. The highest BCUT2D eigenvalue weighted by atomic mass is 31.1. The topological polar surface area (TPSA) is 26.3 Å². The van der Waals surface area contributed by atoms with Crippen LogP contribution in [0.15, 0.2) is 121 Å². The van der Waals surface area contributed by atoms with Crippen LogP contribution in [0.3, 0.4) is 0 Å². The second kappa shape index (κ2) is 11.4. The predicted octanol–water partition coefficient (Wildman–Crippen LogP) is 6.09. The van der Waals surface area contributed by atoms with Gasteiger partial charge in [0.1, 0.15) is 6.10 Å². The zero-order chi connectivity index (χ0) is 22.9. The van der Waals surface area contributed by atoms with Crippen LogP contribution in [-0.2, 0) is 4.74 Å². The quantitative estimate of drug-likeness (QED) is 0.240. The van der Waals surface area contributed by atoms with Gasteiger partial charge in [-0.2, -0.15) is 0 Å². The first-order valence-corrected chi connectivity index (χ1v) is 12.5. The fourth-order valence-corrected chi connectivity index (χ4v) is 6.10. The lowest BCUT2D eigenvalue weighted by Gasteiger charge is -2.22. The van der Waals surface area contributed by atoms with E-state index in [2.05, 4.69) is 54.6 Å². The molecule has 0 N–H and O–H groups in total. The molecule has 0 aliphatic carbocycles. The third-order valence-corrected chi connectivity index (χ3v) is 7.86. The lowest BCUT2D eigenvalue weighted by molar-refractivity contribution is 0.0391. The Morgan fingerprint density at radius 2 is 1.27 bits per heavy atom. The molecule has 0 bridgehead atoms. The van der Waals surface area contributed by atoms with Crippen LogP contribution in [0.2, 0.25) is 0 Å². The number of ether oxygens (including phenoxy) is 1. The molecular formula is C30H27O2P. The first-order valence-electron chi connectivity index (χ1n) is 11.2. The number of carbonyl (C=O) groups is 1. The minimum atomic E-state index is -0.891. The van der Waals surface area contributed by atoms with Crippen LogP contribution < -0.4 is 15.9 Å². The van der Waals surface area contributed by atoms with Crippen molar-refractivity contribution in [1.29, 1.82) is 0 Å². The molecule has 4 aromatic rings. The Morgan fingerprint density at radius 1 is 0.758 bits per heavy atom. The molecule has 0 fully saturated rings. The van der Waals surface area contributed by atoms with Gasteiger partial charge in [-0.15, -0.1) is 0 Å². The molecule has 0 unspecified atom stereocenters. The van der Waals surface area contributed by atoms with Gasteiger partial charge >= 0.3 is 5.97 Å². The second-order valence-corrected chi connectivity index (χ2v) is 9.83. The fourth-order valence-electron chi connectivity index (χ4n) is 3.66. The van der Waals surface area contributed by atoms with Crippen molar-refractivity contribution in [1.82, 2.24) is 0 Å². The van der Waals surface area contributed by atoms with Crippen molar-refractivity contribution in [3.63, 3.8) is 0 Å². The zero-order valence-corrected chi connectivity index (χ0v) is 19.6. The molecular weight excluding hydrogens is 423 g/mol. The van der Waals surface area contributed by atoms with E-state index in [0.29, 0.717) is 12.0 Å². The minimum absolute atomic E-state index is 0.283. The van der Waals surface area contributed by atoms with E-state index < -0.39 is 7.92 Å². The normalized spacial score (nSPS) is 12.1. The first-order chi connectivity index (χ1) is 16.3. The highest BCUT2D eigenvalue weighted by Gasteiger charge is 2.23. The maximum atomic E-state index is 13.4. The van der Waals surface area contributed by atoms with Crippen LogP contribution in [0.25, 0.3) is 6.08 Å². The Hall–Kier alpha value is -3.48. The average molecular weight is 451 g/mol. The summed E-state index contributed by atoms with van der Waals surface area (Å²) >= 11 is 0. The van der Waals surface area contributed by atoms with Gasteiger partial charge in [0.25, 0.3) is 0 Å². The molecule has 4 aromatic carbocycles. The van der Waals surface area contributed by atoms with Crippen LogP contribution in [0.4, 0.5) is 0 Å². The SMILES string of the molecule is CC[C@@H](/C=C\c1ccccc1)OC(=O)c1ccccc1P(c1ccccc1)c1ccccc1. The lowest BCUT2D eigenvalue weighted by atomic mass is 10.1. The summed E-state index contributed by atoms with van der Waals surface area (Å²) in [6.45, 7) is 2.03. The Labute approximate surface area is 197 Å². The third-order valence-electron chi connectivity index (χ3n) is 5.36. The summed E-state index contributed by atoms with van der Waals surface area (Å²) in [6, 6.07) is 38.7. The van der Waals surface area contributed by atoms with Crippen molar-refractivity contribution in [2.75, 3.05) is 0 Å². The number of carbonyl (C=O) groups excluding carboxylic acids is 1. The second-order valence-electron chi connectivity index (χ2n) is 7.65. The molecule has 0 aromatic heterocycles. The fraction of sp³-hybridized carbons (Fsp3) is 0.100. The monoisotopic (exact) mass is 450 g/mol. The number of hydrogen-bond acceptors (Lipinski definition) is 2. The maximum absolute atomic E-state index is 13.4. The smallest absolute Gasteiger partial charge is 0.339 e. The van der Waals surface area contributed by atoms with E-state index in [1.807, 2.05) is 79.7 Å². The molecule has 0 radical (unpaired) electrons. The highest BCUT2D eigenvalue weighted by molar-refractivity contribution is 7.80. The van der Waals surface area contributed by atoms with Crippen molar-refractivity contribution < 1.29 is 9.53 Å². The van der Waals surface area contributed by atoms with E-state index >= 15 is 0 Å². The minimum Gasteiger partial charge on any atom is -0.455 e. The summed E-state index contributed by atoms with van der Waals surface area (Å²) in [4.78, 5) is 13.4. The Morgan fingerprint density at radius 3 is 1.85 bits per heavy atom. The molecule has 0 heterocycles. The van der Waals surface area contributed by atoms with Gasteiger partial charge in [0, 0.05) is 0 Å². The summed E-state index contributed by atoms with van der Waals surface area (Å²) in [5, 5.41) is 3.42. The van der Waals surface area contributed by atoms with Gasteiger partial charge in [0.05, 0.1) is 5.56 Å². The van der Waals surface area contributed by atoms with Crippen molar-refractivity contribution in [3.05, 3.63) is 132 Å². The molecule has 0 saturated carbocycles. The van der Waals surface area contributed by atoms with E-state index in [1.165, 1.54) is 10.6 Å². The molecule has 33 heavy (non-hydrogen) atoms. The molecule has 0 saturated heterocycles. The molecule has 0 aliphatic rings. The van der Waals surface area contributed by atoms with Gasteiger partial charge in [-0.3, -0.25) is 0 Å². The van der Waals surface area contributed by atoms with E-state index in [0.717, 1.165) is 10.9 Å². The maximum Gasteiger partial charge on any atom is 0.339 e. The first kappa shape index (κ1) is 22.7. The van der Waals surface area contributed by atoms with E-state index in [-0.39, 0.29) is 12.1 Å². The van der Waals surface area contributed by atoms with Crippen LogP contribution in [0, 0.1) is 0 Å². The van der Waals surface area contributed by atoms with E-state index in [4.69, 9.17) is 4.74 Å². The number of hydrogen-bond donors (Lipinski definition) is 0. The standard InChI is InChI=1S/C30H27O2P/c1-2-25(23-22-24-14-6-3-7-15-24)32-30(31)28-20-12-13-21-29(28)33(26-16-8-4-9-17-26)27-18-10-5-11-19-27/h3-23,25H,2H2,1H3/b23-22-/t25-/m0/s1. The summed E-state index contributed by atoms with van der Waals surface area (Å²) in [5.41, 5.74) is 1.71. The van der Waals surface area contributed by atoms with Gasteiger partial charge in [0.2, 0.25) is 0 Å². The van der Waals surface area contributed by atoms with Crippen molar-refractivity contribution in [2.24, 2.45) is 0 Å². The van der Waals surface area contributed by atoms with Crippen LogP contribution >= 0.6 is 7.92 Å². The number of benzene rings is 4.